The summed E-state index contributed by atoms with van der Waals surface area (Å²) >= 11 is 1.28. The predicted molar refractivity (Wildman–Crippen MR) is 202 cm³/mol. The van der Waals surface area contributed by atoms with Crippen LogP contribution in [0.1, 0.15) is 38.3 Å². The molecule has 2 aliphatic heterocycles. The number of urea groups is 1. The Kier molecular flexibility index (Phi) is 9.65. The molecule has 15 heteroatoms. The van der Waals surface area contributed by atoms with Crippen LogP contribution in [0.4, 0.5) is 30.7 Å². The average molecular weight is 737 g/mol. The number of hydrogen-bond donors (Lipinski definition) is 1. The van der Waals surface area contributed by atoms with Gasteiger partial charge in [0.15, 0.2) is 5.13 Å². The fourth-order valence-electron chi connectivity index (χ4n) is 6.46. The molecule has 0 spiro atoms. The van der Waals surface area contributed by atoms with Gasteiger partial charge < -0.3 is 29.7 Å². The number of thiazole rings is 1. The number of aromatic nitrogens is 4. The number of pyridine rings is 2. The zero-order chi connectivity index (χ0) is 37.4. The second kappa shape index (κ2) is 14.3. The normalized spacial score (nSPS) is 14.9. The number of halogens is 1. The fraction of sp³-hybridized carbons (Fsp3) is 0.368. The van der Waals surface area contributed by atoms with Crippen LogP contribution >= 0.6 is 11.3 Å². The van der Waals surface area contributed by atoms with E-state index in [1.54, 1.807) is 21.9 Å². The number of nitrogens with one attached hydrogen (secondary N) is 1. The van der Waals surface area contributed by atoms with Crippen LogP contribution in [-0.4, -0.2) is 99.2 Å². The van der Waals surface area contributed by atoms with Crippen molar-refractivity contribution in [2.75, 3.05) is 56.1 Å². The summed E-state index contributed by atoms with van der Waals surface area (Å²) in [6.45, 7) is 10.9. The minimum absolute atomic E-state index is 0.0849. The number of carbonyl (C=O) groups excluding carboxylic acids is 2. The molecule has 53 heavy (non-hydrogen) atoms. The van der Waals surface area contributed by atoms with E-state index in [4.69, 9.17) is 19.7 Å². The number of nitriles is 1. The number of amides is 3. The van der Waals surface area contributed by atoms with E-state index in [0.29, 0.717) is 67.0 Å². The minimum atomic E-state index is -0.552. The van der Waals surface area contributed by atoms with Gasteiger partial charge in [0.25, 0.3) is 0 Å². The molecule has 1 aromatic carbocycles. The van der Waals surface area contributed by atoms with Gasteiger partial charge in [0, 0.05) is 75.4 Å². The molecule has 6 heterocycles. The van der Waals surface area contributed by atoms with Crippen LogP contribution in [0.2, 0.25) is 0 Å². The van der Waals surface area contributed by atoms with Crippen molar-refractivity contribution in [1.82, 2.24) is 34.5 Å². The molecule has 4 aromatic heterocycles. The van der Waals surface area contributed by atoms with Crippen molar-refractivity contribution < 1.29 is 18.7 Å². The molecule has 0 unspecified atom stereocenters. The SMILES string of the molecule is CCc1nc2ccc(-c3ccc(N4CCN(C(=O)NC5CN(C(=O)OC(C)(C)C)C5)CC4)nc3)cn2c1N(C)c1nc(-c2ccc(F)cc2)c(C#N)s1. The molecule has 7 rings (SSSR count). The Hall–Kier alpha value is -5.75. The number of rotatable bonds is 7. The van der Waals surface area contributed by atoms with Crippen LogP contribution in [0.5, 0.6) is 0 Å². The third kappa shape index (κ3) is 7.45. The van der Waals surface area contributed by atoms with E-state index in [1.165, 1.54) is 23.5 Å². The lowest BCUT2D eigenvalue weighted by molar-refractivity contribution is 0.00582. The van der Waals surface area contributed by atoms with Gasteiger partial charge in [0.05, 0.1) is 11.7 Å². The van der Waals surface area contributed by atoms with Crippen molar-refractivity contribution in [2.24, 2.45) is 0 Å². The molecule has 0 atom stereocenters. The van der Waals surface area contributed by atoms with E-state index < -0.39 is 5.60 Å². The van der Waals surface area contributed by atoms with E-state index in [9.17, 15) is 19.2 Å². The topological polar surface area (TPSA) is 135 Å². The van der Waals surface area contributed by atoms with Crippen molar-refractivity contribution in [3.63, 3.8) is 0 Å². The quantitative estimate of drug-likeness (QED) is 0.204. The van der Waals surface area contributed by atoms with Crippen molar-refractivity contribution in [1.29, 1.82) is 5.26 Å². The van der Waals surface area contributed by atoms with Crippen molar-refractivity contribution in [3.05, 3.63) is 77.3 Å². The lowest BCUT2D eigenvalue weighted by atomic mass is 10.1. The van der Waals surface area contributed by atoms with Crippen molar-refractivity contribution >= 4 is 45.9 Å². The third-order valence-corrected chi connectivity index (χ3v) is 10.3. The first-order valence-corrected chi connectivity index (χ1v) is 18.4. The Labute approximate surface area is 311 Å². The summed E-state index contributed by atoms with van der Waals surface area (Å²) in [6, 6.07) is 16.1. The number of carbonyl (C=O) groups is 2. The van der Waals surface area contributed by atoms with E-state index in [0.717, 1.165) is 34.1 Å². The van der Waals surface area contributed by atoms with Crippen LogP contribution in [0, 0.1) is 17.1 Å². The molecule has 274 valence electrons. The van der Waals surface area contributed by atoms with E-state index >= 15 is 0 Å². The molecule has 0 aliphatic carbocycles. The number of imidazole rings is 1. The Morgan fingerprint density at radius 1 is 1.00 bits per heavy atom. The number of ether oxygens (including phenoxy) is 1. The first-order valence-electron chi connectivity index (χ1n) is 17.6. The third-order valence-electron chi connectivity index (χ3n) is 9.27. The molecule has 0 radical (unpaired) electrons. The average Bonchev–Trinajstić information content (AvgIpc) is 3.74. The molecule has 1 N–H and O–H groups in total. The van der Waals surface area contributed by atoms with Crippen LogP contribution < -0.4 is 15.1 Å². The van der Waals surface area contributed by atoms with Gasteiger partial charge in [0.2, 0.25) is 0 Å². The van der Waals surface area contributed by atoms with E-state index in [2.05, 4.69) is 23.2 Å². The monoisotopic (exact) mass is 736 g/mol. The van der Waals surface area contributed by atoms with Gasteiger partial charge >= 0.3 is 12.1 Å². The maximum atomic E-state index is 13.6. The van der Waals surface area contributed by atoms with Crippen LogP contribution in [-0.2, 0) is 11.2 Å². The highest BCUT2D eigenvalue weighted by molar-refractivity contribution is 7.16. The number of fused-ring (bicyclic) bond motifs is 1. The number of hydrogen-bond acceptors (Lipinski definition) is 10. The van der Waals surface area contributed by atoms with Crippen LogP contribution in [0.3, 0.4) is 0 Å². The van der Waals surface area contributed by atoms with E-state index in [-0.39, 0.29) is 24.0 Å². The first-order chi connectivity index (χ1) is 25.4. The van der Waals surface area contributed by atoms with E-state index in [1.807, 2.05) is 73.8 Å². The lowest BCUT2D eigenvalue weighted by Crippen LogP contribution is -2.64. The van der Waals surface area contributed by atoms with Gasteiger partial charge in [0.1, 0.15) is 45.3 Å². The molecular weight excluding hydrogens is 696 g/mol. The van der Waals surface area contributed by atoms with Gasteiger partial charge in [-0.15, -0.1) is 0 Å². The number of aryl methyl sites for hydroxylation is 1. The number of piperazine rings is 1. The number of nitrogens with zero attached hydrogens (tertiary/aromatic N) is 9. The highest BCUT2D eigenvalue weighted by Crippen LogP contribution is 2.37. The van der Waals surface area contributed by atoms with Gasteiger partial charge in [-0.2, -0.15) is 5.26 Å². The second-order valence-electron chi connectivity index (χ2n) is 14.1. The smallest absolute Gasteiger partial charge is 0.410 e. The zero-order valence-corrected chi connectivity index (χ0v) is 31.2. The predicted octanol–water partition coefficient (Wildman–Crippen LogP) is 6.31. The first kappa shape index (κ1) is 35.6. The summed E-state index contributed by atoms with van der Waals surface area (Å²) in [5.74, 6) is 1.34. The fourth-order valence-corrected chi connectivity index (χ4v) is 7.31. The summed E-state index contributed by atoms with van der Waals surface area (Å²) in [4.78, 5) is 47.6. The Balaban J connectivity index is 1.01. The van der Waals surface area contributed by atoms with Crippen LogP contribution in [0.15, 0.2) is 60.9 Å². The number of anilines is 3. The molecule has 3 amide bonds. The molecule has 2 aliphatic rings. The lowest BCUT2D eigenvalue weighted by Gasteiger charge is -2.41. The summed E-state index contributed by atoms with van der Waals surface area (Å²) in [5.41, 5.74) is 4.21. The Morgan fingerprint density at radius 3 is 2.34 bits per heavy atom. The van der Waals surface area contributed by atoms with Gasteiger partial charge in [-0.05, 0) is 75.7 Å². The summed E-state index contributed by atoms with van der Waals surface area (Å²) in [7, 11) is 1.91. The summed E-state index contributed by atoms with van der Waals surface area (Å²) in [5, 5.41) is 13.5. The minimum Gasteiger partial charge on any atom is -0.444 e. The standard InChI is InChI=1S/C38H41FN10O3S/c1-6-29-34(45(5)36-44-33(30(19-40)53-36)24-7-11-27(39)12-8-24)49-21-26(10-14-32(49)43-29)25-9-13-31(41-20-25)46-15-17-47(18-16-46)35(50)42-28-22-48(23-28)37(51)52-38(2,3)4/h7-14,20-21,28H,6,15-18,22-23H2,1-5H3,(H,42,50). The molecule has 2 fully saturated rings. The molecular formula is C38H41FN10O3S. The van der Waals surface area contributed by atoms with Gasteiger partial charge in [-0.25, -0.2) is 28.9 Å². The summed E-state index contributed by atoms with van der Waals surface area (Å²) in [6.07, 6.45) is 4.23. The van der Waals surface area contributed by atoms with Crippen molar-refractivity contribution in [3.8, 4) is 28.5 Å². The highest BCUT2D eigenvalue weighted by Gasteiger charge is 2.35. The largest absolute Gasteiger partial charge is 0.444 e. The molecule has 5 aromatic rings. The summed E-state index contributed by atoms with van der Waals surface area (Å²) < 4.78 is 21.0. The highest BCUT2D eigenvalue weighted by atomic mass is 32.1. The number of likely N-dealkylation sites (tertiary alicyclic amines) is 1. The molecule has 13 nitrogen and oxygen atoms in total. The zero-order valence-electron chi connectivity index (χ0n) is 30.3. The maximum absolute atomic E-state index is 13.6. The second-order valence-corrected chi connectivity index (χ2v) is 15.1. The molecule has 0 saturated carbocycles. The van der Waals surface area contributed by atoms with Crippen LogP contribution in [0.25, 0.3) is 28.0 Å². The Bertz CT molecular complexity index is 2170. The van der Waals surface area contributed by atoms with Gasteiger partial charge in [-0.3, -0.25) is 4.40 Å². The molecule has 0 bridgehead atoms. The number of benzene rings is 1. The Morgan fingerprint density at radius 2 is 1.70 bits per heavy atom. The molecule has 2 saturated heterocycles. The maximum Gasteiger partial charge on any atom is 0.410 e. The van der Waals surface area contributed by atoms with Crippen molar-refractivity contribution in [2.45, 2.75) is 45.8 Å². The van der Waals surface area contributed by atoms with Gasteiger partial charge in [-0.1, -0.05) is 18.3 Å².